The molecule has 0 radical (unpaired) electrons. The maximum atomic E-state index is 13.2. The van der Waals surface area contributed by atoms with Gasteiger partial charge in [0.25, 0.3) is 5.91 Å². The Morgan fingerprint density at radius 2 is 2.00 bits per heavy atom. The molecule has 1 unspecified atom stereocenters. The van der Waals surface area contributed by atoms with Crippen LogP contribution in [0, 0.1) is 0 Å². The monoisotopic (exact) mass is 389 g/mol. The highest BCUT2D eigenvalue weighted by Gasteiger charge is 2.65. The van der Waals surface area contributed by atoms with Crippen LogP contribution in [0.3, 0.4) is 0 Å². The van der Waals surface area contributed by atoms with Crippen molar-refractivity contribution in [1.29, 1.82) is 0 Å². The first kappa shape index (κ1) is 19.4. The lowest BCUT2D eigenvalue weighted by molar-refractivity contribution is -0.192. The van der Waals surface area contributed by atoms with Crippen LogP contribution in [-0.2, 0) is 29.5 Å². The topological polar surface area (TPSA) is 117 Å². The molecule has 2 bridgehead atoms. The molecule has 1 atom stereocenters. The number of urea groups is 1. The highest BCUT2D eigenvalue weighted by molar-refractivity contribution is 6.11. The summed E-state index contributed by atoms with van der Waals surface area (Å²) < 4.78 is 4.83. The van der Waals surface area contributed by atoms with Gasteiger partial charge < -0.3 is 9.84 Å². The van der Waals surface area contributed by atoms with E-state index >= 15 is 0 Å². The Morgan fingerprint density at radius 1 is 1.29 bits per heavy atom. The van der Waals surface area contributed by atoms with Gasteiger partial charge >= 0.3 is 18.0 Å². The average molecular weight is 389 g/mol. The number of ether oxygens (including phenoxy) is 1. The normalized spacial score (nSPS) is 20.2. The molecule has 10 nitrogen and oxygen atoms in total. The summed E-state index contributed by atoms with van der Waals surface area (Å²) in [4.78, 5) is 54.6. The van der Waals surface area contributed by atoms with E-state index in [-0.39, 0.29) is 13.0 Å². The molecular formula is C18H19N3O7. The lowest BCUT2D eigenvalue weighted by Gasteiger charge is -2.40. The number of carboxylic acids is 1. The Kier molecular flexibility index (Phi) is 5.06. The van der Waals surface area contributed by atoms with Gasteiger partial charge in [-0.25, -0.2) is 9.59 Å². The smallest absolute Gasteiger partial charge is 0.371 e. The number of hydrogen-bond donors (Lipinski definition) is 1. The first-order chi connectivity index (χ1) is 13.4. The lowest BCUT2D eigenvalue weighted by Crippen LogP contribution is -2.55. The maximum Gasteiger partial charge on any atom is 0.371 e. The Hall–Kier alpha value is -3.40. The van der Waals surface area contributed by atoms with Gasteiger partial charge in [-0.15, -0.1) is 0 Å². The van der Waals surface area contributed by atoms with Crippen molar-refractivity contribution in [3.63, 3.8) is 0 Å². The Labute approximate surface area is 160 Å². The molecule has 2 aliphatic rings. The highest BCUT2D eigenvalue weighted by Crippen LogP contribution is 2.49. The number of benzene rings is 1. The van der Waals surface area contributed by atoms with Gasteiger partial charge in [-0.05, 0) is 12.5 Å². The summed E-state index contributed by atoms with van der Waals surface area (Å²) in [6, 6.07) is 5.74. The molecule has 0 spiro atoms. The van der Waals surface area contributed by atoms with Crippen LogP contribution in [0.25, 0.3) is 0 Å². The molecule has 1 N–H and O–H groups in total. The molecule has 2 aliphatic heterocycles. The minimum Gasteiger partial charge on any atom is -0.480 e. The second kappa shape index (κ2) is 7.31. The van der Waals surface area contributed by atoms with Gasteiger partial charge in [0.2, 0.25) is 0 Å². The number of esters is 1. The number of aliphatic carboxylic acids is 1. The van der Waals surface area contributed by atoms with Gasteiger partial charge in [0.1, 0.15) is 13.2 Å². The van der Waals surface area contributed by atoms with E-state index in [1.807, 2.05) is 0 Å². The van der Waals surface area contributed by atoms with E-state index in [2.05, 4.69) is 6.58 Å². The number of carbonyl (C=O) groups is 4. The molecule has 148 valence electrons. The van der Waals surface area contributed by atoms with Crippen molar-refractivity contribution >= 4 is 29.6 Å². The van der Waals surface area contributed by atoms with Crippen molar-refractivity contribution in [3.05, 3.63) is 42.5 Å². The van der Waals surface area contributed by atoms with Crippen LogP contribution in [0.4, 0.5) is 10.5 Å². The minimum absolute atomic E-state index is 0.0185. The number of para-hydroxylation sites is 1. The molecule has 1 aromatic carbocycles. The van der Waals surface area contributed by atoms with Crippen molar-refractivity contribution in [2.75, 3.05) is 24.8 Å². The van der Waals surface area contributed by atoms with Gasteiger partial charge in [0, 0.05) is 5.56 Å². The molecule has 3 rings (SSSR count). The Morgan fingerprint density at radius 3 is 2.64 bits per heavy atom. The van der Waals surface area contributed by atoms with Crippen LogP contribution < -0.4 is 5.01 Å². The number of anilines is 1. The number of hydroxylamine groups is 2. The summed E-state index contributed by atoms with van der Waals surface area (Å²) >= 11 is 0. The number of imide groups is 1. The van der Waals surface area contributed by atoms with Crippen molar-refractivity contribution in [2.24, 2.45) is 0 Å². The van der Waals surface area contributed by atoms with E-state index in [1.54, 1.807) is 31.2 Å². The summed E-state index contributed by atoms with van der Waals surface area (Å²) in [5.74, 6) is -2.59. The predicted molar refractivity (Wildman–Crippen MR) is 94.6 cm³/mol. The first-order valence-corrected chi connectivity index (χ1v) is 8.55. The summed E-state index contributed by atoms with van der Waals surface area (Å²) in [6.07, 6.45) is 1.54. The largest absolute Gasteiger partial charge is 0.480 e. The molecule has 28 heavy (non-hydrogen) atoms. The second-order valence-corrected chi connectivity index (χ2v) is 6.12. The molecule has 1 fully saturated rings. The zero-order valence-corrected chi connectivity index (χ0v) is 15.2. The minimum atomic E-state index is -1.50. The molecule has 0 aliphatic carbocycles. The van der Waals surface area contributed by atoms with E-state index in [0.717, 1.165) is 15.1 Å². The SMILES string of the molecule is C=CCOC(=O)CON1C(=O)N2C(=O)C1(CC)c1ccccc1N2CC(=O)O. The van der Waals surface area contributed by atoms with Crippen LogP contribution in [0.15, 0.2) is 36.9 Å². The van der Waals surface area contributed by atoms with E-state index in [1.165, 1.54) is 6.08 Å². The van der Waals surface area contributed by atoms with Gasteiger partial charge in [-0.1, -0.05) is 37.8 Å². The fraction of sp³-hybridized carbons (Fsp3) is 0.333. The third-order valence-corrected chi connectivity index (χ3v) is 4.59. The average Bonchev–Trinajstić information content (AvgIpc) is 2.84. The van der Waals surface area contributed by atoms with Gasteiger partial charge in [0.05, 0.1) is 5.69 Å². The van der Waals surface area contributed by atoms with E-state index in [0.29, 0.717) is 11.3 Å². The van der Waals surface area contributed by atoms with Crippen LogP contribution >= 0.6 is 0 Å². The van der Waals surface area contributed by atoms with E-state index < -0.39 is 42.6 Å². The molecule has 3 amide bonds. The van der Waals surface area contributed by atoms with E-state index in [9.17, 15) is 24.3 Å². The molecule has 0 aromatic heterocycles. The first-order valence-electron chi connectivity index (χ1n) is 8.55. The number of amides is 3. The van der Waals surface area contributed by atoms with Crippen LogP contribution in [0.2, 0.25) is 0 Å². The standard InChI is InChI=1S/C18H19N3O7/c1-3-9-27-15(24)11-28-21-17(26)20-16(25)18(21,4-2)12-7-5-6-8-13(12)19(20)10-14(22)23/h3,5-8H,1,4,9-11H2,2H3,(H,22,23). The number of hydrazine groups is 1. The highest BCUT2D eigenvalue weighted by atomic mass is 16.7. The number of carbonyl (C=O) groups excluding carboxylic acids is 3. The third kappa shape index (κ3) is 2.78. The van der Waals surface area contributed by atoms with Gasteiger partial charge in [-0.3, -0.25) is 19.4 Å². The second-order valence-electron chi connectivity index (χ2n) is 6.12. The summed E-state index contributed by atoms with van der Waals surface area (Å²) in [7, 11) is 0. The molecule has 1 aromatic rings. The molecule has 1 saturated heterocycles. The number of carboxylic acid groups (broad SMARTS) is 1. The van der Waals surface area contributed by atoms with Crippen molar-refractivity contribution < 1.29 is 33.9 Å². The Bertz CT molecular complexity index is 855. The quantitative estimate of drug-likeness (QED) is 0.398. The van der Waals surface area contributed by atoms with Crippen LogP contribution in [0.5, 0.6) is 0 Å². The fourth-order valence-corrected chi connectivity index (χ4v) is 3.44. The number of hydrogen-bond acceptors (Lipinski definition) is 7. The van der Waals surface area contributed by atoms with Crippen molar-refractivity contribution in [1.82, 2.24) is 10.1 Å². The number of rotatable bonds is 8. The van der Waals surface area contributed by atoms with Crippen LogP contribution in [0.1, 0.15) is 18.9 Å². The molecule has 2 heterocycles. The van der Waals surface area contributed by atoms with Crippen molar-refractivity contribution in [3.8, 4) is 0 Å². The van der Waals surface area contributed by atoms with Gasteiger partial charge in [-0.2, -0.15) is 10.1 Å². The lowest BCUT2D eigenvalue weighted by atomic mass is 9.84. The zero-order valence-electron chi connectivity index (χ0n) is 15.2. The third-order valence-electron chi connectivity index (χ3n) is 4.59. The zero-order chi connectivity index (χ0) is 20.5. The summed E-state index contributed by atoms with van der Waals surface area (Å²) in [5, 5.41) is 11.9. The molecular weight excluding hydrogens is 370 g/mol. The number of fused-ring (bicyclic) bond motifs is 4. The van der Waals surface area contributed by atoms with Crippen LogP contribution in [-0.4, -0.2) is 58.8 Å². The Balaban J connectivity index is 2.02. The predicted octanol–water partition coefficient (Wildman–Crippen LogP) is 1.04. The molecule has 10 heteroatoms. The maximum absolute atomic E-state index is 13.2. The number of nitrogens with zero attached hydrogens (tertiary/aromatic N) is 3. The van der Waals surface area contributed by atoms with E-state index in [4.69, 9.17) is 9.57 Å². The fourth-order valence-electron chi connectivity index (χ4n) is 3.44. The summed E-state index contributed by atoms with van der Waals surface area (Å²) in [6.45, 7) is 3.92. The molecule has 0 saturated carbocycles. The van der Waals surface area contributed by atoms with Crippen molar-refractivity contribution in [2.45, 2.75) is 18.9 Å². The summed E-state index contributed by atoms with van der Waals surface area (Å²) in [5.41, 5.74) is -0.674. The van der Waals surface area contributed by atoms with Gasteiger partial charge in [0.15, 0.2) is 12.1 Å².